The second kappa shape index (κ2) is 10.5. The van der Waals surface area contributed by atoms with Crippen molar-refractivity contribution in [3.05, 3.63) is 90.0 Å². The highest BCUT2D eigenvalue weighted by Crippen LogP contribution is 2.32. The lowest BCUT2D eigenvalue weighted by Gasteiger charge is -2.13. The highest BCUT2D eigenvalue weighted by Gasteiger charge is 2.18. The van der Waals surface area contributed by atoms with Crippen LogP contribution in [0.25, 0.3) is 28.2 Å². The van der Waals surface area contributed by atoms with Crippen LogP contribution in [-0.2, 0) is 14.9 Å². The molecule has 0 saturated carbocycles. The zero-order valence-corrected chi connectivity index (χ0v) is 19.7. The molecule has 0 aliphatic rings. The normalized spacial score (nSPS) is 11.5. The molecule has 0 atom stereocenters. The van der Waals surface area contributed by atoms with E-state index in [1.807, 2.05) is 30.3 Å². The molecule has 0 bridgehead atoms. The summed E-state index contributed by atoms with van der Waals surface area (Å²) in [4.78, 5) is 14.9. The Bertz CT molecular complexity index is 1500. The molecular weight excluding hydrogens is 492 g/mol. The Morgan fingerprint density at radius 1 is 1.03 bits per heavy atom. The first kappa shape index (κ1) is 24.7. The van der Waals surface area contributed by atoms with Crippen molar-refractivity contribution in [2.75, 3.05) is 18.4 Å². The van der Waals surface area contributed by atoms with Gasteiger partial charge >= 0.3 is 16.3 Å². The fourth-order valence-electron chi connectivity index (χ4n) is 3.42. The smallest absolute Gasteiger partial charge is 0.422 e. The molecule has 0 radical (unpaired) electrons. The average Bonchev–Trinajstić information content (AvgIpc) is 3.25. The molecular formula is C25H21F2N3O5S. The van der Waals surface area contributed by atoms with Crippen LogP contribution in [0.5, 0.6) is 5.75 Å². The molecule has 0 saturated heterocycles. The maximum Gasteiger partial charge on any atom is 0.422 e. The Hall–Kier alpha value is -4.38. The summed E-state index contributed by atoms with van der Waals surface area (Å²) in [6.45, 7) is -0.142. The number of aromatic nitrogens is 1. The number of anilines is 1. The van der Waals surface area contributed by atoms with Crippen LogP contribution in [-0.4, -0.2) is 33.2 Å². The van der Waals surface area contributed by atoms with Gasteiger partial charge in [-0.2, -0.15) is 8.42 Å². The number of ether oxygens (including phenoxy) is 2. The lowest BCUT2D eigenvalue weighted by Crippen LogP contribution is -2.35. The number of amides is 1. The molecule has 4 aromatic rings. The van der Waals surface area contributed by atoms with Gasteiger partial charge in [-0.1, -0.05) is 36.4 Å². The fraction of sp³-hybridized carbons (Fsp3) is 0.0800. The Kier molecular flexibility index (Phi) is 7.20. The van der Waals surface area contributed by atoms with E-state index in [-0.39, 0.29) is 18.0 Å². The number of halogens is 2. The molecule has 186 valence electrons. The lowest BCUT2D eigenvalue weighted by molar-refractivity contribution is 0.165. The van der Waals surface area contributed by atoms with Gasteiger partial charge in [0.05, 0.1) is 12.8 Å². The van der Waals surface area contributed by atoms with Crippen LogP contribution < -0.4 is 14.2 Å². The van der Waals surface area contributed by atoms with E-state index < -0.39 is 27.9 Å². The first-order chi connectivity index (χ1) is 17.2. The van der Waals surface area contributed by atoms with Gasteiger partial charge in [-0.25, -0.2) is 18.3 Å². The lowest BCUT2D eigenvalue weighted by atomic mass is 10.1. The van der Waals surface area contributed by atoms with Gasteiger partial charge in [0.1, 0.15) is 12.4 Å². The SMILES string of the molecule is COc1ccc(-c2cc3cc(F)c(F)cc3[nH]2)cc1NS(=O)(=O)NC(=O)OC/C=C/c1ccccc1. The number of hydrogen-bond donors (Lipinski definition) is 3. The van der Waals surface area contributed by atoms with E-state index in [0.29, 0.717) is 22.2 Å². The topological polar surface area (TPSA) is 110 Å². The standard InChI is InChI=1S/C25H21F2N3O5S/c1-34-24-10-9-17(21-14-18-12-19(26)20(27)15-22(18)28-21)13-23(24)29-36(32,33)30-25(31)35-11-5-8-16-6-3-2-4-7-16/h2-10,12-15,28-29H,11H2,1H3,(H,30,31)/b8-5+. The Labute approximate surface area is 205 Å². The summed E-state index contributed by atoms with van der Waals surface area (Å²) < 4.78 is 66.2. The minimum Gasteiger partial charge on any atom is -0.495 e. The number of fused-ring (bicyclic) bond motifs is 1. The molecule has 8 nitrogen and oxygen atoms in total. The second-order valence-corrected chi connectivity index (χ2v) is 8.99. The third-order valence-corrected chi connectivity index (χ3v) is 5.98. The van der Waals surface area contributed by atoms with Crippen LogP contribution in [0.3, 0.4) is 0 Å². The molecule has 0 aliphatic carbocycles. The minimum atomic E-state index is -4.38. The van der Waals surface area contributed by atoms with Gasteiger partial charge in [-0.3, -0.25) is 4.72 Å². The van der Waals surface area contributed by atoms with Crippen molar-refractivity contribution >= 4 is 39.0 Å². The van der Waals surface area contributed by atoms with Gasteiger partial charge in [-0.05, 0) is 42.0 Å². The van der Waals surface area contributed by atoms with Crippen LogP contribution >= 0.6 is 0 Å². The molecule has 3 aromatic carbocycles. The van der Waals surface area contributed by atoms with Crippen molar-refractivity contribution in [1.29, 1.82) is 0 Å². The summed E-state index contributed by atoms with van der Waals surface area (Å²) in [5.41, 5.74) is 2.27. The molecule has 0 fully saturated rings. The molecule has 0 aliphatic heterocycles. The van der Waals surface area contributed by atoms with E-state index in [9.17, 15) is 22.0 Å². The number of rotatable bonds is 8. The molecule has 1 heterocycles. The molecule has 4 rings (SSSR count). The average molecular weight is 514 g/mol. The number of nitrogens with one attached hydrogen (secondary N) is 3. The molecule has 1 aromatic heterocycles. The number of carbonyl (C=O) groups is 1. The summed E-state index contributed by atoms with van der Waals surface area (Å²) >= 11 is 0. The van der Waals surface area contributed by atoms with Crippen molar-refractivity contribution in [2.45, 2.75) is 0 Å². The molecule has 0 unspecified atom stereocenters. The first-order valence-corrected chi connectivity index (χ1v) is 12.1. The Morgan fingerprint density at radius 3 is 2.53 bits per heavy atom. The number of benzene rings is 3. The Balaban J connectivity index is 1.46. The van der Waals surface area contributed by atoms with E-state index in [2.05, 4.69) is 9.71 Å². The predicted octanol–water partition coefficient (Wildman–Crippen LogP) is 5.22. The maximum atomic E-state index is 13.6. The minimum absolute atomic E-state index is 0.0234. The van der Waals surface area contributed by atoms with Gasteiger partial charge in [0, 0.05) is 28.2 Å². The number of hydrogen-bond acceptors (Lipinski definition) is 5. The van der Waals surface area contributed by atoms with Gasteiger partial charge in [0.2, 0.25) is 0 Å². The summed E-state index contributed by atoms with van der Waals surface area (Å²) in [6.07, 6.45) is 2.12. The molecule has 1 amide bonds. The maximum absolute atomic E-state index is 13.6. The van der Waals surface area contributed by atoms with Crippen LogP contribution in [0.2, 0.25) is 0 Å². The van der Waals surface area contributed by atoms with E-state index in [1.165, 1.54) is 19.2 Å². The molecule has 3 N–H and O–H groups in total. The number of carbonyl (C=O) groups excluding carboxylic acids is 1. The molecule has 36 heavy (non-hydrogen) atoms. The molecule has 0 spiro atoms. The number of aromatic amines is 1. The zero-order chi connectivity index (χ0) is 25.7. The summed E-state index contributed by atoms with van der Waals surface area (Å²) in [5.74, 6) is -1.80. The quantitative estimate of drug-likeness (QED) is 0.299. The van der Waals surface area contributed by atoms with Gasteiger partial charge < -0.3 is 14.5 Å². The zero-order valence-electron chi connectivity index (χ0n) is 18.9. The first-order valence-electron chi connectivity index (χ1n) is 10.6. The van der Waals surface area contributed by atoms with Crippen molar-refractivity contribution < 1.29 is 31.5 Å². The van der Waals surface area contributed by atoms with Crippen LogP contribution in [0, 0.1) is 11.6 Å². The van der Waals surface area contributed by atoms with Gasteiger partial charge in [0.15, 0.2) is 11.6 Å². The fourth-order valence-corrected chi connectivity index (χ4v) is 4.20. The third-order valence-electron chi connectivity index (χ3n) is 5.05. The van der Waals surface area contributed by atoms with Crippen molar-refractivity contribution in [3.8, 4) is 17.0 Å². The highest BCUT2D eigenvalue weighted by atomic mass is 32.2. The monoisotopic (exact) mass is 513 g/mol. The third kappa shape index (κ3) is 5.99. The Morgan fingerprint density at radius 2 is 1.78 bits per heavy atom. The summed E-state index contributed by atoms with van der Waals surface area (Å²) in [6, 6.07) is 17.6. The number of methoxy groups -OCH3 is 1. The summed E-state index contributed by atoms with van der Waals surface area (Å²) in [5, 5.41) is 0.438. The van der Waals surface area contributed by atoms with Gasteiger partial charge in [-0.15, -0.1) is 0 Å². The second-order valence-electron chi connectivity index (χ2n) is 7.57. The van der Waals surface area contributed by atoms with Crippen molar-refractivity contribution in [1.82, 2.24) is 9.71 Å². The van der Waals surface area contributed by atoms with E-state index >= 15 is 0 Å². The number of H-pyrrole nitrogens is 1. The predicted molar refractivity (Wildman–Crippen MR) is 133 cm³/mol. The van der Waals surface area contributed by atoms with Crippen molar-refractivity contribution in [2.24, 2.45) is 0 Å². The van der Waals surface area contributed by atoms with E-state index in [0.717, 1.165) is 17.7 Å². The van der Waals surface area contributed by atoms with E-state index in [1.54, 1.807) is 29.0 Å². The highest BCUT2D eigenvalue weighted by molar-refractivity contribution is 7.91. The van der Waals surface area contributed by atoms with Crippen LogP contribution in [0.15, 0.2) is 72.8 Å². The largest absolute Gasteiger partial charge is 0.495 e. The summed E-state index contributed by atoms with van der Waals surface area (Å²) in [7, 11) is -3.03. The van der Waals surface area contributed by atoms with Crippen LogP contribution in [0.1, 0.15) is 5.56 Å². The van der Waals surface area contributed by atoms with E-state index in [4.69, 9.17) is 9.47 Å². The van der Waals surface area contributed by atoms with Crippen LogP contribution in [0.4, 0.5) is 19.3 Å². The van der Waals surface area contributed by atoms with Gasteiger partial charge in [0.25, 0.3) is 0 Å². The van der Waals surface area contributed by atoms with Crippen molar-refractivity contribution in [3.63, 3.8) is 0 Å². The molecule has 11 heteroatoms.